The maximum atomic E-state index is 5.41. The molecule has 2 nitrogen and oxygen atoms in total. The lowest BCUT2D eigenvalue weighted by Gasteiger charge is -2.26. The standard InChI is InChI=1S/C14H15NO/c1-2-6-13-11(4-1)7-8-15-14(13)10-12-5-3-9-16-12/h1-6,9,14-15H,7-8,10H2. The number of hydrogen-bond donors (Lipinski definition) is 1. The number of rotatable bonds is 2. The lowest BCUT2D eigenvalue weighted by atomic mass is 9.92. The topological polar surface area (TPSA) is 25.2 Å². The monoisotopic (exact) mass is 213 g/mol. The van der Waals surface area contributed by atoms with Gasteiger partial charge in [0, 0.05) is 12.5 Å². The predicted molar refractivity (Wildman–Crippen MR) is 63.3 cm³/mol. The molecule has 1 aromatic carbocycles. The van der Waals surface area contributed by atoms with Gasteiger partial charge in [-0.15, -0.1) is 0 Å². The first-order chi connectivity index (χ1) is 7.93. The van der Waals surface area contributed by atoms with Gasteiger partial charge in [0.25, 0.3) is 0 Å². The molecule has 1 atom stereocenters. The second kappa shape index (κ2) is 4.14. The van der Waals surface area contributed by atoms with Gasteiger partial charge < -0.3 is 9.73 Å². The molecule has 16 heavy (non-hydrogen) atoms. The largest absolute Gasteiger partial charge is 0.469 e. The molecule has 0 saturated carbocycles. The van der Waals surface area contributed by atoms with Gasteiger partial charge in [-0.3, -0.25) is 0 Å². The number of nitrogens with one attached hydrogen (secondary N) is 1. The van der Waals surface area contributed by atoms with Crippen molar-refractivity contribution in [1.82, 2.24) is 5.32 Å². The van der Waals surface area contributed by atoms with Crippen LogP contribution >= 0.6 is 0 Å². The second-order valence-electron chi connectivity index (χ2n) is 4.24. The quantitative estimate of drug-likeness (QED) is 0.829. The molecule has 2 aromatic rings. The zero-order valence-electron chi connectivity index (χ0n) is 9.15. The van der Waals surface area contributed by atoms with E-state index in [1.54, 1.807) is 6.26 Å². The first-order valence-electron chi connectivity index (χ1n) is 5.77. The van der Waals surface area contributed by atoms with Crippen molar-refractivity contribution >= 4 is 0 Å². The average Bonchev–Trinajstić information content (AvgIpc) is 2.82. The molecule has 0 fully saturated rings. The van der Waals surface area contributed by atoms with Crippen LogP contribution in [0.3, 0.4) is 0 Å². The normalized spacial score (nSPS) is 19.4. The molecule has 0 aliphatic carbocycles. The molecule has 0 spiro atoms. The Morgan fingerprint density at radius 2 is 2.12 bits per heavy atom. The van der Waals surface area contributed by atoms with Crippen molar-refractivity contribution in [2.24, 2.45) is 0 Å². The third-order valence-electron chi connectivity index (χ3n) is 3.20. The summed E-state index contributed by atoms with van der Waals surface area (Å²) in [4.78, 5) is 0. The van der Waals surface area contributed by atoms with Gasteiger partial charge in [-0.05, 0) is 36.2 Å². The summed E-state index contributed by atoms with van der Waals surface area (Å²) in [5, 5.41) is 3.55. The Bertz CT molecular complexity index is 461. The molecule has 0 bridgehead atoms. The number of furan rings is 1. The van der Waals surface area contributed by atoms with Crippen molar-refractivity contribution in [2.75, 3.05) is 6.54 Å². The molecule has 0 saturated heterocycles. The highest BCUT2D eigenvalue weighted by Crippen LogP contribution is 2.25. The Kier molecular flexibility index (Phi) is 2.50. The Labute approximate surface area is 95.3 Å². The summed E-state index contributed by atoms with van der Waals surface area (Å²) in [6.45, 7) is 1.06. The van der Waals surface area contributed by atoms with Crippen LogP contribution in [-0.4, -0.2) is 6.54 Å². The van der Waals surface area contributed by atoms with Gasteiger partial charge in [0.05, 0.1) is 6.26 Å². The maximum Gasteiger partial charge on any atom is 0.105 e. The molecular weight excluding hydrogens is 198 g/mol. The van der Waals surface area contributed by atoms with Gasteiger partial charge in [-0.1, -0.05) is 24.3 Å². The van der Waals surface area contributed by atoms with Crippen LogP contribution in [0.4, 0.5) is 0 Å². The lowest BCUT2D eigenvalue weighted by molar-refractivity contribution is 0.437. The third kappa shape index (κ3) is 1.76. The summed E-state index contributed by atoms with van der Waals surface area (Å²) in [6.07, 6.45) is 3.80. The highest BCUT2D eigenvalue weighted by atomic mass is 16.3. The van der Waals surface area contributed by atoms with Crippen LogP contribution in [0.5, 0.6) is 0 Å². The minimum absolute atomic E-state index is 0.399. The Hall–Kier alpha value is -1.54. The van der Waals surface area contributed by atoms with Crippen molar-refractivity contribution in [3.05, 3.63) is 59.5 Å². The van der Waals surface area contributed by atoms with E-state index in [-0.39, 0.29) is 0 Å². The van der Waals surface area contributed by atoms with Gasteiger partial charge >= 0.3 is 0 Å². The zero-order chi connectivity index (χ0) is 10.8. The highest BCUT2D eigenvalue weighted by Gasteiger charge is 2.19. The van der Waals surface area contributed by atoms with Gasteiger partial charge in [0.1, 0.15) is 5.76 Å². The summed E-state index contributed by atoms with van der Waals surface area (Å²) in [7, 11) is 0. The summed E-state index contributed by atoms with van der Waals surface area (Å²) in [5.74, 6) is 1.05. The molecule has 1 aromatic heterocycles. The number of fused-ring (bicyclic) bond motifs is 1. The Balaban J connectivity index is 1.87. The molecule has 2 heteroatoms. The van der Waals surface area contributed by atoms with E-state index in [9.17, 15) is 0 Å². The van der Waals surface area contributed by atoms with E-state index in [1.165, 1.54) is 11.1 Å². The van der Waals surface area contributed by atoms with E-state index in [2.05, 4.69) is 29.6 Å². The van der Waals surface area contributed by atoms with Crippen LogP contribution in [0.25, 0.3) is 0 Å². The summed E-state index contributed by atoms with van der Waals surface area (Å²) >= 11 is 0. The molecule has 3 rings (SSSR count). The van der Waals surface area contributed by atoms with Crippen molar-refractivity contribution in [2.45, 2.75) is 18.9 Å². The maximum absolute atomic E-state index is 5.41. The van der Waals surface area contributed by atoms with Crippen molar-refractivity contribution < 1.29 is 4.42 Å². The number of hydrogen-bond acceptors (Lipinski definition) is 2. The van der Waals surface area contributed by atoms with Crippen LogP contribution in [0.2, 0.25) is 0 Å². The van der Waals surface area contributed by atoms with Crippen molar-refractivity contribution in [1.29, 1.82) is 0 Å². The lowest BCUT2D eigenvalue weighted by Crippen LogP contribution is -2.31. The summed E-state index contributed by atoms with van der Waals surface area (Å²) in [5.41, 5.74) is 2.89. The van der Waals surface area contributed by atoms with E-state index in [4.69, 9.17) is 4.42 Å². The smallest absolute Gasteiger partial charge is 0.105 e. The van der Waals surface area contributed by atoms with E-state index in [0.29, 0.717) is 6.04 Å². The molecule has 82 valence electrons. The van der Waals surface area contributed by atoms with Crippen LogP contribution in [0, 0.1) is 0 Å². The van der Waals surface area contributed by atoms with Gasteiger partial charge in [0.15, 0.2) is 0 Å². The van der Waals surface area contributed by atoms with Crippen LogP contribution in [0.15, 0.2) is 47.1 Å². The minimum atomic E-state index is 0.399. The number of benzene rings is 1. The Morgan fingerprint density at radius 3 is 3.00 bits per heavy atom. The summed E-state index contributed by atoms with van der Waals surface area (Å²) in [6, 6.07) is 13.1. The zero-order valence-corrected chi connectivity index (χ0v) is 9.15. The fourth-order valence-electron chi connectivity index (χ4n) is 2.40. The molecular formula is C14H15NO. The van der Waals surface area contributed by atoms with Gasteiger partial charge in [-0.25, -0.2) is 0 Å². The molecule has 1 aliphatic rings. The fraction of sp³-hybridized carbons (Fsp3) is 0.286. The second-order valence-corrected chi connectivity index (χ2v) is 4.24. The first-order valence-corrected chi connectivity index (χ1v) is 5.77. The SMILES string of the molecule is c1coc(CC2NCCc3ccccc32)c1. The molecule has 0 amide bonds. The van der Waals surface area contributed by atoms with Gasteiger partial charge in [0.2, 0.25) is 0 Å². The molecule has 2 heterocycles. The van der Waals surface area contributed by atoms with Crippen molar-refractivity contribution in [3.8, 4) is 0 Å². The fourth-order valence-corrected chi connectivity index (χ4v) is 2.40. The molecule has 1 aliphatic heterocycles. The predicted octanol–water partition coefficient (Wildman–Crippen LogP) is 2.71. The average molecular weight is 213 g/mol. The van der Waals surface area contributed by atoms with Crippen LogP contribution in [-0.2, 0) is 12.8 Å². The molecule has 0 radical (unpaired) electrons. The first kappa shape index (κ1) is 9.67. The Morgan fingerprint density at radius 1 is 1.19 bits per heavy atom. The highest BCUT2D eigenvalue weighted by molar-refractivity contribution is 5.33. The minimum Gasteiger partial charge on any atom is -0.469 e. The van der Waals surface area contributed by atoms with E-state index in [1.807, 2.05) is 12.1 Å². The van der Waals surface area contributed by atoms with Crippen LogP contribution in [0.1, 0.15) is 22.9 Å². The molecule has 1 unspecified atom stereocenters. The van der Waals surface area contributed by atoms with E-state index >= 15 is 0 Å². The van der Waals surface area contributed by atoms with Crippen molar-refractivity contribution in [3.63, 3.8) is 0 Å². The van der Waals surface area contributed by atoms with E-state index < -0.39 is 0 Å². The van der Waals surface area contributed by atoms with Gasteiger partial charge in [-0.2, -0.15) is 0 Å². The summed E-state index contributed by atoms with van der Waals surface area (Å²) < 4.78 is 5.41. The third-order valence-corrected chi connectivity index (χ3v) is 3.20. The van der Waals surface area contributed by atoms with E-state index in [0.717, 1.165) is 25.1 Å². The van der Waals surface area contributed by atoms with Crippen LogP contribution < -0.4 is 5.32 Å². The molecule has 1 N–H and O–H groups in total.